The van der Waals surface area contributed by atoms with Crippen molar-refractivity contribution >= 4 is 16.1 Å². The van der Waals surface area contributed by atoms with Crippen molar-refractivity contribution in [3.8, 4) is 0 Å². The molecule has 2 N–H and O–H groups in total. The summed E-state index contributed by atoms with van der Waals surface area (Å²) in [6.45, 7) is 5.01. The predicted molar refractivity (Wildman–Crippen MR) is 83.6 cm³/mol. The SMILES string of the molecule is CC(C)(C)OC(=O)C(N)(CCOS(C)(=O)=O)c1ccccc1. The van der Waals surface area contributed by atoms with Crippen molar-refractivity contribution in [1.82, 2.24) is 0 Å². The van der Waals surface area contributed by atoms with Gasteiger partial charge in [-0.05, 0) is 26.3 Å². The molecule has 124 valence electrons. The van der Waals surface area contributed by atoms with Gasteiger partial charge >= 0.3 is 5.97 Å². The molecule has 0 saturated carbocycles. The third-order valence-electron chi connectivity index (χ3n) is 2.85. The van der Waals surface area contributed by atoms with Crippen LogP contribution in [0.3, 0.4) is 0 Å². The maximum absolute atomic E-state index is 12.5. The molecule has 0 aliphatic rings. The highest BCUT2D eigenvalue weighted by Gasteiger charge is 2.39. The molecule has 0 radical (unpaired) electrons. The molecule has 22 heavy (non-hydrogen) atoms. The first-order chi connectivity index (χ1) is 9.94. The van der Waals surface area contributed by atoms with E-state index in [4.69, 9.17) is 14.7 Å². The number of benzene rings is 1. The lowest BCUT2D eigenvalue weighted by Crippen LogP contribution is -2.49. The molecule has 1 aromatic carbocycles. The molecule has 1 rings (SSSR count). The van der Waals surface area contributed by atoms with E-state index < -0.39 is 27.2 Å². The van der Waals surface area contributed by atoms with Crippen LogP contribution in [0.2, 0.25) is 0 Å². The number of nitrogens with two attached hydrogens (primary N) is 1. The quantitative estimate of drug-likeness (QED) is 0.628. The Labute approximate surface area is 131 Å². The van der Waals surface area contributed by atoms with Gasteiger partial charge in [-0.25, -0.2) is 4.79 Å². The molecule has 1 unspecified atom stereocenters. The molecule has 1 aromatic rings. The van der Waals surface area contributed by atoms with Crippen LogP contribution in [0.25, 0.3) is 0 Å². The van der Waals surface area contributed by atoms with E-state index in [0.29, 0.717) is 5.56 Å². The molecular formula is C15H23NO5S. The summed E-state index contributed by atoms with van der Waals surface area (Å²) in [7, 11) is -3.60. The van der Waals surface area contributed by atoms with Gasteiger partial charge in [0.05, 0.1) is 12.9 Å². The van der Waals surface area contributed by atoms with E-state index in [2.05, 4.69) is 0 Å². The van der Waals surface area contributed by atoms with Gasteiger partial charge in [-0.1, -0.05) is 30.3 Å². The smallest absolute Gasteiger partial charge is 0.331 e. The van der Waals surface area contributed by atoms with Crippen LogP contribution in [0.5, 0.6) is 0 Å². The van der Waals surface area contributed by atoms with E-state index in [-0.39, 0.29) is 13.0 Å². The highest BCUT2D eigenvalue weighted by atomic mass is 32.2. The molecule has 0 spiro atoms. The second kappa shape index (κ2) is 6.76. The lowest BCUT2D eigenvalue weighted by Gasteiger charge is -2.31. The van der Waals surface area contributed by atoms with Crippen LogP contribution in [0.4, 0.5) is 0 Å². The molecule has 6 nitrogen and oxygen atoms in total. The van der Waals surface area contributed by atoms with E-state index in [1.165, 1.54) is 0 Å². The third-order valence-corrected chi connectivity index (χ3v) is 3.44. The summed E-state index contributed by atoms with van der Waals surface area (Å²) in [6.07, 6.45) is 0.931. The molecule has 1 atom stereocenters. The normalized spacial score (nSPS) is 15.1. The van der Waals surface area contributed by atoms with Gasteiger partial charge in [0.15, 0.2) is 0 Å². The molecule has 0 heterocycles. The van der Waals surface area contributed by atoms with Gasteiger partial charge in [0.1, 0.15) is 11.1 Å². The molecular weight excluding hydrogens is 306 g/mol. The molecule has 7 heteroatoms. The Morgan fingerprint density at radius 1 is 1.18 bits per heavy atom. The van der Waals surface area contributed by atoms with Crippen molar-refractivity contribution in [2.45, 2.75) is 38.3 Å². The van der Waals surface area contributed by atoms with E-state index >= 15 is 0 Å². The summed E-state index contributed by atoms with van der Waals surface area (Å²) in [6, 6.07) is 8.69. The standard InChI is InChI=1S/C15H23NO5S/c1-14(2,3)21-13(17)15(16,10-11-20-22(4,18)19)12-8-6-5-7-9-12/h5-9H,10-11,16H2,1-4H3. The summed E-state index contributed by atoms with van der Waals surface area (Å²) >= 11 is 0. The van der Waals surface area contributed by atoms with E-state index in [0.717, 1.165) is 6.26 Å². The molecule has 0 fully saturated rings. The number of carbonyl (C=O) groups is 1. The number of hydrogen-bond donors (Lipinski definition) is 1. The fourth-order valence-corrected chi connectivity index (χ4v) is 2.21. The van der Waals surface area contributed by atoms with Crippen LogP contribution in [0.1, 0.15) is 32.8 Å². The van der Waals surface area contributed by atoms with Gasteiger partial charge < -0.3 is 10.5 Å². The topological polar surface area (TPSA) is 95.7 Å². The first kappa shape index (κ1) is 18.6. The van der Waals surface area contributed by atoms with Crippen LogP contribution in [0.15, 0.2) is 30.3 Å². The zero-order chi connectivity index (χ0) is 17.0. The largest absolute Gasteiger partial charge is 0.458 e. The highest BCUT2D eigenvalue weighted by molar-refractivity contribution is 7.85. The van der Waals surface area contributed by atoms with Crippen LogP contribution in [-0.4, -0.2) is 32.9 Å². The molecule has 0 aliphatic carbocycles. The summed E-state index contributed by atoms with van der Waals surface area (Å²) in [5.41, 5.74) is 4.62. The van der Waals surface area contributed by atoms with Crippen LogP contribution < -0.4 is 5.73 Å². The Bertz CT molecular complexity index is 607. The summed E-state index contributed by atoms with van der Waals surface area (Å²) in [5.74, 6) is -0.622. The maximum atomic E-state index is 12.5. The first-order valence-corrected chi connectivity index (χ1v) is 8.68. The number of ether oxygens (including phenoxy) is 1. The number of rotatable bonds is 6. The highest BCUT2D eigenvalue weighted by Crippen LogP contribution is 2.26. The monoisotopic (exact) mass is 329 g/mol. The second-order valence-corrected chi connectivity index (χ2v) is 7.76. The lowest BCUT2D eigenvalue weighted by molar-refractivity contribution is -0.162. The third kappa shape index (κ3) is 5.75. The first-order valence-electron chi connectivity index (χ1n) is 6.86. The average Bonchev–Trinajstić information content (AvgIpc) is 2.36. The molecule has 0 bridgehead atoms. The Morgan fingerprint density at radius 2 is 1.73 bits per heavy atom. The lowest BCUT2D eigenvalue weighted by atomic mass is 9.88. The minimum atomic E-state index is -3.60. The van der Waals surface area contributed by atoms with Crippen LogP contribution >= 0.6 is 0 Å². The Hall–Kier alpha value is -1.44. The molecule has 0 aromatic heterocycles. The van der Waals surface area contributed by atoms with Gasteiger partial charge in [0, 0.05) is 6.42 Å². The number of carbonyl (C=O) groups excluding carboxylic acids is 1. The maximum Gasteiger partial charge on any atom is 0.331 e. The van der Waals surface area contributed by atoms with Gasteiger partial charge in [-0.2, -0.15) is 8.42 Å². The summed E-state index contributed by atoms with van der Waals surface area (Å²) in [4.78, 5) is 12.5. The van der Waals surface area contributed by atoms with Crippen LogP contribution in [-0.2, 0) is 29.4 Å². The average molecular weight is 329 g/mol. The zero-order valence-corrected chi connectivity index (χ0v) is 14.1. The Morgan fingerprint density at radius 3 is 2.18 bits per heavy atom. The van der Waals surface area contributed by atoms with E-state index in [1.54, 1.807) is 51.1 Å². The summed E-state index contributed by atoms with van der Waals surface area (Å²) in [5, 5.41) is 0. The second-order valence-electron chi connectivity index (χ2n) is 6.12. The summed E-state index contributed by atoms with van der Waals surface area (Å²) < 4.78 is 32.2. The van der Waals surface area contributed by atoms with Gasteiger partial charge in [-0.3, -0.25) is 4.18 Å². The van der Waals surface area contributed by atoms with Crippen molar-refractivity contribution < 1.29 is 22.1 Å². The van der Waals surface area contributed by atoms with Gasteiger partial charge in [-0.15, -0.1) is 0 Å². The molecule has 0 amide bonds. The predicted octanol–water partition coefficient (Wildman–Crippen LogP) is 1.55. The zero-order valence-electron chi connectivity index (χ0n) is 13.3. The van der Waals surface area contributed by atoms with Crippen molar-refractivity contribution in [2.24, 2.45) is 5.73 Å². The van der Waals surface area contributed by atoms with E-state index in [9.17, 15) is 13.2 Å². The fourth-order valence-electron chi connectivity index (χ4n) is 1.82. The van der Waals surface area contributed by atoms with Gasteiger partial charge in [0.2, 0.25) is 0 Å². The Balaban J connectivity index is 3.02. The minimum Gasteiger partial charge on any atom is -0.458 e. The van der Waals surface area contributed by atoms with Gasteiger partial charge in [0.25, 0.3) is 10.1 Å². The number of esters is 1. The van der Waals surface area contributed by atoms with Crippen molar-refractivity contribution in [3.05, 3.63) is 35.9 Å². The van der Waals surface area contributed by atoms with Crippen molar-refractivity contribution in [2.75, 3.05) is 12.9 Å². The number of hydrogen-bond acceptors (Lipinski definition) is 6. The Kier molecular flexibility index (Phi) is 5.72. The van der Waals surface area contributed by atoms with Crippen LogP contribution in [0, 0.1) is 0 Å². The minimum absolute atomic E-state index is 0.0149. The van der Waals surface area contributed by atoms with Crippen molar-refractivity contribution in [1.29, 1.82) is 0 Å². The van der Waals surface area contributed by atoms with E-state index in [1.807, 2.05) is 0 Å². The molecule has 0 aliphatic heterocycles. The molecule has 0 saturated heterocycles. The van der Waals surface area contributed by atoms with Crippen molar-refractivity contribution in [3.63, 3.8) is 0 Å². The fraction of sp³-hybridized carbons (Fsp3) is 0.533.